The summed E-state index contributed by atoms with van der Waals surface area (Å²) >= 11 is 0. The minimum atomic E-state index is -0.494. The molecule has 2 unspecified atom stereocenters. The van der Waals surface area contributed by atoms with Crippen molar-refractivity contribution in [2.24, 2.45) is 0 Å². The molecule has 4 nitrogen and oxygen atoms in total. The molecule has 24 heavy (non-hydrogen) atoms. The van der Waals surface area contributed by atoms with Gasteiger partial charge in [0.1, 0.15) is 11.4 Å². The molecule has 0 aliphatic carbocycles. The molecule has 1 rings (SSSR count). The van der Waals surface area contributed by atoms with Crippen LogP contribution < -0.4 is 0 Å². The van der Waals surface area contributed by atoms with Crippen molar-refractivity contribution >= 4 is 11.9 Å². The SMILES string of the molecule is CC.CCCC1CC(=O)CC(CCC)N1C(=O)OC(C)(C)C.CF. The van der Waals surface area contributed by atoms with Crippen LogP contribution >= 0.6 is 0 Å². The molecule has 0 aromatic carbocycles. The van der Waals surface area contributed by atoms with Gasteiger partial charge >= 0.3 is 6.09 Å². The van der Waals surface area contributed by atoms with Gasteiger partial charge in [-0.2, -0.15) is 0 Å². The van der Waals surface area contributed by atoms with Gasteiger partial charge in [0.15, 0.2) is 0 Å². The summed E-state index contributed by atoms with van der Waals surface area (Å²) in [5.41, 5.74) is -0.494. The van der Waals surface area contributed by atoms with E-state index in [0.29, 0.717) is 20.0 Å². The van der Waals surface area contributed by atoms with E-state index in [9.17, 15) is 14.0 Å². The van der Waals surface area contributed by atoms with Crippen LogP contribution in [0, 0.1) is 0 Å². The van der Waals surface area contributed by atoms with Crippen LogP contribution in [0.1, 0.15) is 87.0 Å². The maximum atomic E-state index is 12.5. The van der Waals surface area contributed by atoms with Crippen molar-refractivity contribution in [3.05, 3.63) is 0 Å². The summed E-state index contributed by atoms with van der Waals surface area (Å²) in [6.45, 7) is 13.8. The fourth-order valence-electron chi connectivity index (χ4n) is 2.87. The first-order valence-electron chi connectivity index (χ1n) is 9.19. The lowest BCUT2D eigenvalue weighted by atomic mass is 9.90. The van der Waals surface area contributed by atoms with Crippen LogP contribution in [0.25, 0.3) is 0 Å². The van der Waals surface area contributed by atoms with E-state index in [1.165, 1.54) is 0 Å². The quantitative estimate of drug-likeness (QED) is 0.671. The minimum absolute atomic E-state index is 0.00708. The van der Waals surface area contributed by atoms with Crippen molar-refractivity contribution in [3.63, 3.8) is 0 Å². The Morgan fingerprint density at radius 1 is 1.08 bits per heavy atom. The summed E-state index contributed by atoms with van der Waals surface area (Å²) in [7, 11) is 0.500. The van der Waals surface area contributed by atoms with Gasteiger partial charge in [0.25, 0.3) is 0 Å². The fourth-order valence-corrected chi connectivity index (χ4v) is 2.87. The van der Waals surface area contributed by atoms with E-state index in [1.807, 2.05) is 39.5 Å². The summed E-state index contributed by atoms with van der Waals surface area (Å²) in [6.07, 6.45) is 4.37. The number of nitrogens with zero attached hydrogens (tertiary/aromatic N) is 1. The number of amides is 1. The second-order valence-electron chi connectivity index (χ2n) is 6.72. The molecule has 0 spiro atoms. The summed E-state index contributed by atoms with van der Waals surface area (Å²) < 4.78 is 15.0. The van der Waals surface area contributed by atoms with E-state index in [-0.39, 0.29) is 24.0 Å². The van der Waals surface area contributed by atoms with E-state index in [1.54, 1.807) is 0 Å². The number of carbonyl (C=O) groups excluding carboxylic acids is 2. The Kier molecular flexibility index (Phi) is 13.8. The van der Waals surface area contributed by atoms with Crippen LogP contribution in [-0.2, 0) is 9.53 Å². The van der Waals surface area contributed by atoms with Crippen molar-refractivity contribution in [3.8, 4) is 0 Å². The second-order valence-corrected chi connectivity index (χ2v) is 6.72. The predicted molar refractivity (Wildman–Crippen MR) is 98.1 cm³/mol. The molecule has 0 aromatic heterocycles. The molecule has 0 radical (unpaired) electrons. The lowest BCUT2D eigenvalue weighted by Gasteiger charge is -2.42. The maximum Gasteiger partial charge on any atom is 0.410 e. The van der Waals surface area contributed by atoms with Crippen LogP contribution in [0.4, 0.5) is 9.18 Å². The highest BCUT2D eigenvalue weighted by Crippen LogP contribution is 2.28. The largest absolute Gasteiger partial charge is 0.444 e. The van der Waals surface area contributed by atoms with Crippen LogP contribution in [-0.4, -0.2) is 41.6 Å². The molecule has 1 fully saturated rings. The van der Waals surface area contributed by atoms with Crippen molar-refractivity contribution in [2.75, 3.05) is 7.18 Å². The standard InChI is InChI=1S/C16H29NO3.C2H6.CH3F/c1-6-8-12-10-14(18)11-13(9-7-2)17(12)15(19)20-16(3,4)5;2*1-2/h12-13H,6-11H2,1-5H3;1-2H3;1H3. The Hall–Kier alpha value is -1.13. The average Bonchev–Trinajstić information content (AvgIpc) is 2.49. The normalized spacial score (nSPS) is 20.4. The van der Waals surface area contributed by atoms with Gasteiger partial charge in [-0.15, -0.1) is 0 Å². The summed E-state index contributed by atoms with van der Waals surface area (Å²) in [6, 6.07) is 0.0142. The Balaban J connectivity index is 0. The third kappa shape index (κ3) is 9.24. The average molecular weight is 348 g/mol. The van der Waals surface area contributed by atoms with Gasteiger partial charge < -0.3 is 9.64 Å². The highest BCUT2D eigenvalue weighted by atomic mass is 19.1. The lowest BCUT2D eigenvalue weighted by Crippen LogP contribution is -2.53. The molecule has 1 aliphatic rings. The zero-order chi connectivity index (χ0) is 19.3. The van der Waals surface area contributed by atoms with Crippen molar-refractivity contribution in [2.45, 2.75) is 105 Å². The maximum absolute atomic E-state index is 12.5. The topological polar surface area (TPSA) is 46.6 Å². The minimum Gasteiger partial charge on any atom is -0.444 e. The molecule has 2 atom stereocenters. The molecule has 1 saturated heterocycles. The molecular weight excluding hydrogens is 309 g/mol. The number of halogens is 1. The van der Waals surface area contributed by atoms with Crippen LogP contribution in [0.3, 0.4) is 0 Å². The van der Waals surface area contributed by atoms with Gasteiger partial charge in [-0.25, -0.2) is 4.79 Å². The molecule has 1 heterocycles. The van der Waals surface area contributed by atoms with Crippen molar-refractivity contribution < 1.29 is 18.7 Å². The first kappa shape index (κ1) is 25.1. The number of hydrogen-bond donors (Lipinski definition) is 0. The number of likely N-dealkylation sites (tertiary alicyclic amines) is 1. The van der Waals surface area contributed by atoms with Gasteiger partial charge in [0.05, 0.1) is 7.18 Å². The number of alkyl halides is 1. The fraction of sp³-hybridized carbons (Fsp3) is 0.895. The predicted octanol–water partition coefficient (Wildman–Crippen LogP) is 5.54. The molecule has 1 aliphatic heterocycles. The zero-order valence-electron chi connectivity index (χ0n) is 16.9. The first-order chi connectivity index (χ1) is 11.3. The number of rotatable bonds is 4. The van der Waals surface area contributed by atoms with Crippen molar-refractivity contribution in [1.82, 2.24) is 4.90 Å². The Bertz CT molecular complexity index is 335. The van der Waals surface area contributed by atoms with Gasteiger partial charge in [-0.1, -0.05) is 40.5 Å². The molecule has 0 N–H and O–H groups in total. The number of carbonyl (C=O) groups is 2. The molecule has 5 heteroatoms. The number of piperidine rings is 1. The smallest absolute Gasteiger partial charge is 0.410 e. The Morgan fingerprint density at radius 2 is 1.46 bits per heavy atom. The molecule has 144 valence electrons. The van der Waals surface area contributed by atoms with Gasteiger partial charge in [-0.3, -0.25) is 9.18 Å². The summed E-state index contributed by atoms with van der Waals surface area (Å²) in [5, 5.41) is 0. The molecule has 1 amide bonds. The van der Waals surface area contributed by atoms with E-state index >= 15 is 0 Å². The van der Waals surface area contributed by atoms with Crippen LogP contribution in [0.2, 0.25) is 0 Å². The summed E-state index contributed by atoms with van der Waals surface area (Å²) in [5.74, 6) is 0.279. The second kappa shape index (κ2) is 13.2. The molecular formula is C19H38FNO3. The first-order valence-corrected chi connectivity index (χ1v) is 9.19. The van der Waals surface area contributed by atoms with Gasteiger partial charge in [0.2, 0.25) is 0 Å². The molecule has 0 aromatic rings. The van der Waals surface area contributed by atoms with E-state index in [0.717, 1.165) is 25.7 Å². The third-order valence-corrected chi connectivity index (χ3v) is 3.56. The van der Waals surface area contributed by atoms with Gasteiger partial charge in [0, 0.05) is 24.9 Å². The number of hydrogen-bond acceptors (Lipinski definition) is 3. The summed E-state index contributed by atoms with van der Waals surface area (Å²) in [4.78, 5) is 26.2. The number of Topliss-reactive ketones (excluding diaryl/α,β-unsaturated/α-hetero) is 1. The highest BCUT2D eigenvalue weighted by Gasteiger charge is 2.38. The number of ketones is 1. The van der Waals surface area contributed by atoms with Gasteiger partial charge in [-0.05, 0) is 33.6 Å². The Morgan fingerprint density at radius 3 is 1.75 bits per heavy atom. The number of ether oxygens (including phenoxy) is 1. The van der Waals surface area contributed by atoms with Crippen LogP contribution in [0.5, 0.6) is 0 Å². The highest BCUT2D eigenvalue weighted by molar-refractivity contribution is 5.83. The molecule has 0 bridgehead atoms. The van der Waals surface area contributed by atoms with Crippen LogP contribution in [0.15, 0.2) is 0 Å². The van der Waals surface area contributed by atoms with E-state index in [4.69, 9.17) is 4.74 Å². The Labute approximate surface area is 148 Å². The van der Waals surface area contributed by atoms with E-state index in [2.05, 4.69) is 13.8 Å². The molecule has 0 saturated carbocycles. The third-order valence-electron chi connectivity index (χ3n) is 3.56. The monoisotopic (exact) mass is 347 g/mol. The zero-order valence-corrected chi connectivity index (χ0v) is 16.9. The van der Waals surface area contributed by atoms with Crippen molar-refractivity contribution in [1.29, 1.82) is 0 Å². The van der Waals surface area contributed by atoms with E-state index < -0.39 is 5.60 Å². The lowest BCUT2D eigenvalue weighted by molar-refractivity contribution is -0.125.